The first-order valence-corrected chi connectivity index (χ1v) is 16.0. The van der Waals surface area contributed by atoms with Gasteiger partial charge in [0.15, 0.2) is 5.03 Å². The van der Waals surface area contributed by atoms with Crippen LogP contribution in [0.25, 0.3) is 22.2 Å². The molecule has 0 aliphatic carbocycles. The Balaban J connectivity index is 1.47. The van der Waals surface area contributed by atoms with Crippen LogP contribution < -0.4 is 0 Å². The van der Waals surface area contributed by atoms with Crippen LogP contribution in [0.3, 0.4) is 0 Å². The van der Waals surface area contributed by atoms with Gasteiger partial charge in [-0.1, -0.05) is 123 Å². The molecule has 0 bridgehead atoms. The van der Waals surface area contributed by atoms with E-state index in [-0.39, 0.29) is 11.0 Å². The van der Waals surface area contributed by atoms with Crippen LogP contribution in [-0.2, 0) is 13.0 Å². The van der Waals surface area contributed by atoms with Gasteiger partial charge in [0.1, 0.15) is 21.9 Å². The molecule has 2 aromatic heterocycles. The van der Waals surface area contributed by atoms with E-state index in [2.05, 4.69) is 61.7 Å². The zero-order valence-electron chi connectivity index (χ0n) is 24.8. The van der Waals surface area contributed by atoms with Gasteiger partial charge >= 0.3 is 5.97 Å². The summed E-state index contributed by atoms with van der Waals surface area (Å²) in [6.45, 7) is 7.26. The average molecular weight is 617 g/mol. The molecule has 44 heavy (non-hydrogen) atoms. The second-order valence-electron chi connectivity index (χ2n) is 11.7. The third-order valence-electron chi connectivity index (χ3n) is 7.05. The van der Waals surface area contributed by atoms with Crippen LogP contribution in [0.1, 0.15) is 42.5 Å². The summed E-state index contributed by atoms with van der Waals surface area (Å²) >= 11 is 3.17. The van der Waals surface area contributed by atoms with Gasteiger partial charge in [0.2, 0.25) is 0 Å². The van der Waals surface area contributed by atoms with Crippen LogP contribution in [0.15, 0.2) is 129 Å². The molecule has 0 atom stereocenters. The van der Waals surface area contributed by atoms with E-state index >= 15 is 0 Å². The molecule has 6 nitrogen and oxygen atoms in total. The molecule has 0 amide bonds. The fourth-order valence-corrected chi connectivity index (χ4v) is 6.80. The van der Waals surface area contributed by atoms with Crippen molar-refractivity contribution in [3.63, 3.8) is 0 Å². The number of hydrogen-bond donors (Lipinski definition) is 1. The molecule has 2 heterocycles. The molecule has 0 unspecified atom stereocenters. The Kier molecular flexibility index (Phi) is 8.55. The fraction of sp³-hybridized carbons (Fsp3) is 0.167. The van der Waals surface area contributed by atoms with Gasteiger partial charge in [-0.2, -0.15) is 0 Å². The number of rotatable bonds is 9. The van der Waals surface area contributed by atoms with Gasteiger partial charge in [-0.05, 0) is 52.4 Å². The van der Waals surface area contributed by atoms with Crippen LogP contribution in [0, 0.1) is 5.41 Å². The lowest BCUT2D eigenvalue weighted by molar-refractivity contribution is 0.0697. The number of carbonyl (C=O) groups is 1. The van der Waals surface area contributed by atoms with Crippen molar-refractivity contribution in [1.82, 2.24) is 19.7 Å². The lowest BCUT2D eigenvalue weighted by Crippen LogP contribution is -2.15. The van der Waals surface area contributed by atoms with E-state index in [4.69, 9.17) is 15.2 Å². The topological polar surface area (TPSA) is 80.9 Å². The summed E-state index contributed by atoms with van der Waals surface area (Å²) < 4.78 is 2.29. The van der Waals surface area contributed by atoms with Crippen LogP contribution in [0.2, 0.25) is 0 Å². The molecule has 0 fully saturated rings. The number of carboxylic acids is 1. The van der Waals surface area contributed by atoms with Gasteiger partial charge < -0.3 is 9.67 Å². The summed E-state index contributed by atoms with van der Waals surface area (Å²) in [5.74, 6) is 0.0440. The van der Waals surface area contributed by atoms with Crippen LogP contribution in [0.4, 0.5) is 0 Å². The Morgan fingerprint density at radius 2 is 1.32 bits per heavy atom. The fourth-order valence-electron chi connectivity index (χ4n) is 5.06. The minimum atomic E-state index is -0.935. The molecular formula is C36H32N4O2S2. The van der Waals surface area contributed by atoms with Crippen molar-refractivity contribution < 1.29 is 9.90 Å². The van der Waals surface area contributed by atoms with Crippen molar-refractivity contribution in [2.24, 2.45) is 5.41 Å². The predicted octanol–water partition coefficient (Wildman–Crippen LogP) is 9.13. The maximum Gasteiger partial charge on any atom is 0.336 e. The van der Waals surface area contributed by atoms with Gasteiger partial charge in [-0.25, -0.2) is 9.78 Å². The normalized spacial score (nSPS) is 11.6. The molecular weight excluding hydrogens is 585 g/mol. The van der Waals surface area contributed by atoms with E-state index in [1.807, 2.05) is 60.7 Å². The van der Waals surface area contributed by atoms with E-state index in [9.17, 15) is 9.90 Å². The minimum Gasteiger partial charge on any atom is -0.478 e. The minimum absolute atomic E-state index is 0.00382. The number of nitrogens with zero attached hydrogens (tertiary/aromatic N) is 4. The highest BCUT2D eigenvalue weighted by Gasteiger charge is 2.24. The number of aromatic nitrogens is 4. The first-order chi connectivity index (χ1) is 21.2. The highest BCUT2D eigenvalue weighted by molar-refractivity contribution is 8.00. The number of aromatic carboxylic acids is 1. The van der Waals surface area contributed by atoms with Crippen molar-refractivity contribution in [3.05, 3.63) is 126 Å². The third-order valence-corrected chi connectivity index (χ3v) is 9.00. The van der Waals surface area contributed by atoms with E-state index in [0.29, 0.717) is 12.1 Å². The smallest absolute Gasteiger partial charge is 0.336 e. The average Bonchev–Trinajstić information content (AvgIpc) is 3.36. The molecule has 0 aliphatic heterocycles. The molecule has 0 saturated carbocycles. The van der Waals surface area contributed by atoms with Crippen molar-refractivity contribution in [1.29, 1.82) is 0 Å². The molecule has 0 radical (unpaired) electrons. The first-order valence-electron chi connectivity index (χ1n) is 14.4. The first kappa shape index (κ1) is 29.7. The van der Waals surface area contributed by atoms with Crippen molar-refractivity contribution >= 4 is 40.5 Å². The van der Waals surface area contributed by atoms with E-state index in [0.717, 1.165) is 54.2 Å². The van der Waals surface area contributed by atoms with Gasteiger partial charge in [-0.3, -0.25) is 0 Å². The number of hydrogen-bond acceptors (Lipinski definition) is 6. The maximum absolute atomic E-state index is 11.8. The second kappa shape index (κ2) is 12.7. The molecule has 220 valence electrons. The Hall–Kier alpha value is -4.40. The van der Waals surface area contributed by atoms with Gasteiger partial charge in [0.05, 0.1) is 5.56 Å². The molecule has 6 aromatic rings. The molecule has 0 saturated heterocycles. The van der Waals surface area contributed by atoms with Crippen LogP contribution >= 0.6 is 23.5 Å². The molecule has 8 heteroatoms. The monoisotopic (exact) mass is 616 g/mol. The summed E-state index contributed by atoms with van der Waals surface area (Å²) in [5, 5.41) is 20.7. The Morgan fingerprint density at radius 3 is 1.93 bits per heavy atom. The van der Waals surface area contributed by atoms with Gasteiger partial charge in [0.25, 0.3) is 0 Å². The number of imidazole rings is 1. The van der Waals surface area contributed by atoms with Crippen molar-refractivity contribution in [2.45, 2.75) is 53.6 Å². The van der Waals surface area contributed by atoms with E-state index in [1.54, 1.807) is 35.7 Å². The second-order valence-corrected chi connectivity index (χ2v) is 13.9. The third kappa shape index (κ3) is 6.72. The molecule has 1 N–H and O–H groups in total. The SMILES string of the molecule is CC(C)(C)Cc1nc2c(Sc3ccccc3)nnc(Sc3ccccc3)c2n1Cc1ccc(-c2ccccc2C(=O)O)cc1. The van der Waals surface area contributed by atoms with Crippen LogP contribution in [0.5, 0.6) is 0 Å². The summed E-state index contributed by atoms with van der Waals surface area (Å²) in [7, 11) is 0. The molecule has 4 aromatic carbocycles. The summed E-state index contributed by atoms with van der Waals surface area (Å²) in [6.07, 6.45) is 0.774. The van der Waals surface area contributed by atoms with Gasteiger partial charge in [0, 0.05) is 22.8 Å². The van der Waals surface area contributed by atoms with Crippen LogP contribution in [-0.4, -0.2) is 30.8 Å². The zero-order chi connectivity index (χ0) is 30.7. The zero-order valence-corrected chi connectivity index (χ0v) is 26.4. The van der Waals surface area contributed by atoms with Crippen molar-refractivity contribution in [2.75, 3.05) is 0 Å². The number of carboxylic acid groups (broad SMARTS) is 1. The number of benzene rings is 4. The Bertz CT molecular complexity index is 1920. The lowest BCUT2D eigenvalue weighted by atomic mass is 9.92. The summed E-state index contributed by atoms with van der Waals surface area (Å²) in [5.41, 5.74) is 4.76. The predicted molar refractivity (Wildman–Crippen MR) is 178 cm³/mol. The standard InChI is InChI=1S/C36H32N4O2S2/c1-36(2,3)22-30-37-31-32(40(30)23-24-18-20-25(21-19-24)28-16-10-11-17-29(28)35(41)42)34(44-27-14-8-5-9-15-27)39-38-33(31)43-26-12-6-4-7-13-26/h4-21H,22-23H2,1-3H3,(H,41,42). The molecule has 0 aliphatic rings. The molecule has 0 spiro atoms. The summed E-state index contributed by atoms with van der Waals surface area (Å²) in [4.78, 5) is 19.2. The largest absolute Gasteiger partial charge is 0.478 e. The summed E-state index contributed by atoms with van der Waals surface area (Å²) in [6, 6.07) is 35.6. The van der Waals surface area contributed by atoms with E-state index in [1.165, 1.54) is 0 Å². The Morgan fingerprint density at radius 1 is 0.750 bits per heavy atom. The van der Waals surface area contributed by atoms with Crippen molar-refractivity contribution in [3.8, 4) is 11.1 Å². The lowest BCUT2D eigenvalue weighted by Gasteiger charge is -2.19. The quantitative estimate of drug-likeness (QED) is 0.173. The Labute approximate surface area is 265 Å². The highest BCUT2D eigenvalue weighted by atomic mass is 32.2. The molecule has 6 rings (SSSR count). The maximum atomic E-state index is 11.8. The number of fused-ring (bicyclic) bond motifs is 1. The highest BCUT2D eigenvalue weighted by Crippen LogP contribution is 2.39. The van der Waals surface area contributed by atoms with E-state index < -0.39 is 5.97 Å². The van der Waals surface area contributed by atoms with Gasteiger partial charge in [-0.15, -0.1) is 10.2 Å².